The molecule has 1 aliphatic rings. The zero-order valence-electron chi connectivity index (χ0n) is 13.7. The minimum atomic E-state index is -0.410. The molecule has 0 N–H and O–H groups in total. The molecule has 24 heavy (non-hydrogen) atoms. The highest BCUT2D eigenvalue weighted by Gasteiger charge is 2.37. The quantitative estimate of drug-likeness (QED) is 0.395. The van der Waals surface area contributed by atoms with Crippen molar-refractivity contribution < 1.29 is 23.9 Å². The standard InChI is InChI=1S/C16H21NO5S2/c1-3-21-15(20)13-9-24-16(17-13)23-7-6-12-11(8-18)4-5-14(12)22-10(2)19/h8-9,11-12,14H,3-7H2,1-2H3/t11-,12?,14+/m1/s1. The molecule has 0 aliphatic heterocycles. The van der Waals surface area contributed by atoms with E-state index < -0.39 is 5.97 Å². The first-order valence-corrected chi connectivity index (χ1v) is 9.79. The molecule has 8 heteroatoms. The van der Waals surface area contributed by atoms with Gasteiger partial charge in [-0.3, -0.25) is 4.79 Å². The van der Waals surface area contributed by atoms with Crippen LogP contribution >= 0.6 is 23.1 Å². The number of hydrogen-bond acceptors (Lipinski definition) is 8. The largest absolute Gasteiger partial charge is 0.462 e. The Labute approximate surface area is 149 Å². The van der Waals surface area contributed by atoms with Gasteiger partial charge in [-0.1, -0.05) is 11.8 Å². The van der Waals surface area contributed by atoms with Gasteiger partial charge in [-0.05, 0) is 26.2 Å². The summed E-state index contributed by atoms with van der Waals surface area (Å²) in [5, 5.41) is 1.69. The summed E-state index contributed by atoms with van der Waals surface area (Å²) in [5.41, 5.74) is 0.328. The number of esters is 2. The summed E-state index contributed by atoms with van der Waals surface area (Å²) in [7, 11) is 0. The highest BCUT2D eigenvalue weighted by atomic mass is 32.2. The van der Waals surface area contributed by atoms with Crippen molar-refractivity contribution in [3.05, 3.63) is 11.1 Å². The second-order valence-electron chi connectivity index (χ2n) is 5.55. The van der Waals surface area contributed by atoms with Crippen molar-refractivity contribution in [1.82, 2.24) is 4.98 Å². The van der Waals surface area contributed by atoms with Gasteiger partial charge in [-0.15, -0.1) is 11.3 Å². The normalized spacial score (nSPS) is 23.0. The third kappa shape index (κ3) is 5.04. The predicted molar refractivity (Wildman–Crippen MR) is 91.2 cm³/mol. The molecule has 1 saturated carbocycles. The van der Waals surface area contributed by atoms with Crippen LogP contribution in [0.4, 0.5) is 0 Å². The first-order chi connectivity index (χ1) is 11.5. The van der Waals surface area contributed by atoms with Gasteiger partial charge >= 0.3 is 11.9 Å². The molecule has 1 aromatic heterocycles. The van der Waals surface area contributed by atoms with Gasteiger partial charge in [0, 0.05) is 29.9 Å². The van der Waals surface area contributed by atoms with Gasteiger partial charge in [0.1, 0.15) is 12.4 Å². The number of aldehydes is 1. The van der Waals surface area contributed by atoms with Crippen LogP contribution in [0, 0.1) is 11.8 Å². The molecule has 0 spiro atoms. The lowest BCUT2D eigenvalue weighted by Gasteiger charge is -2.21. The molecular weight excluding hydrogens is 350 g/mol. The Morgan fingerprint density at radius 1 is 1.46 bits per heavy atom. The molecule has 1 fully saturated rings. The number of aromatic nitrogens is 1. The first-order valence-electron chi connectivity index (χ1n) is 7.93. The third-order valence-electron chi connectivity index (χ3n) is 3.95. The van der Waals surface area contributed by atoms with E-state index in [2.05, 4.69) is 4.98 Å². The molecule has 0 amide bonds. The van der Waals surface area contributed by atoms with Gasteiger partial charge in [-0.25, -0.2) is 9.78 Å². The van der Waals surface area contributed by atoms with Crippen LogP contribution in [-0.2, 0) is 19.1 Å². The Hall–Kier alpha value is -1.41. The summed E-state index contributed by atoms with van der Waals surface area (Å²) in [4.78, 5) is 38.2. The van der Waals surface area contributed by atoms with Crippen LogP contribution in [0.1, 0.15) is 43.6 Å². The summed E-state index contributed by atoms with van der Waals surface area (Å²) in [6.45, 7) is 3.47. The number of carbonyl (C=O) groups excluding carboxylic acids is 3. The third-order valence-corrected chi connectivity index (χ3v) is 6.00. The Morgan fingerprint density at radius 2 is 2.25 bits per heavy atom. The summed E-state index contributed by atoms with van der Waals surface area (Å²) in [6, 6.07) is 0. The van der Waals surface area contributed by atoms with Crippen LogP contribution < -0.4 is 0 Å². The topological polar surface area (TPSA) is 82.6 Å². The van der Waals surface area contributed by atoms with Crippen molar-refractivity contribution in [1.29, 1.82) is 0 Å². The molecule has 0 radical (unpaired) electrons. The van der Waals surface area contributed by atoms with Crippen LogP contribution in [0.3, 0.4) is 0 Å². The Bertz CT molecular complexity index is 589. The number of carbonyl (C=O) groups is 3. The monoisotopic (exact) mass is 371 g/mol. The zero-order chi connectivity index (χ0) is 17.5. The summed E-state index contributed by atoms with van der Waals surface area (Å²) in [6.07, 6.45) is 3.06. The Kier molecular flexibility index (Phi) is 7.23. The van der Waals surface area contributed by atoms with Crippen LogP contribution in [0.15, 0.2) is 9.72 Å². The molecule has 0 bridgehead atoms. The van der Waals surface area contributed by atoms with E-state index in [0.717, 1.165) is 35.6 Å². The van der Waals surface area contributed by atoms with Crippen molar-refractivity contribution in [2.75, 3.05) is 12.4 Å². The lowest BCUT2D eigenvalue weighted by Crippen LogP contribution is -2.25. The summed E-state index contributed by atoms with van der Waals surface area (Å²) < 4.78 is 11.0. The van der Waals surface area contributed by atoms with E-state index in [0.29, 0.717) is 12.3 Å². The average Bonchev–Trinajstić information content (AvgIpc) is 3.15. The lowest BCUT2D eigenvalue weighted by molar-refractivity contribution is -0.148. The van der Waals surface area contributed by atoms with E-state index in [9.17, 15) is 14.4 Å². The van der Waals surface area contributed by atoms with E-state index in [1.54, 1.807) is 24.1 Å². The minimum absolute atomic E-state index is 0.0543. The Balaban J connectivity index is 1.86. The van der Waals surface area contributed by atoms with Crippen LogP contribution in [-0.4, -0.2) is 41.7 Å². The number of thiazole rings is 1. The van der Waals surface area contributed by atoms with Crippen LogP contribution in [0.25, 0.3) is 0 Å². The molecule has 1 heterocycles. The highest BCUT2D eigenvalue weighted by Crippen LogP contribution is 2.37. The van der Waals surface area contributed by atoms with Crippen LogP contribution in [0.5, 0.6) is 0 Å². The highest BCUT2D eigenvalue weighted by molar-refractivity contribution is 8.01. The number of rotatable bonds is 8. The lowest BCUT2D eigenvalue weighted by atomic mass is 9.93. The Morgan fingerprint density at radius 3 is 2.92 bits per heavy atom. The summed E-state index contributed by atoms with van der Waals surface area (Å²) in [5.74, 6) is 0.0444. The first kappa shape index (κ1) is 18.9. The molecule has 0 saturated heterocycles. The van der Waals surface area contributed by atoms with Gasteiger partial charge in [-0.2, -0.15) is 0 Å². The predicted octanol–water partition coefficient (Wildman–Crippen LogP) is 2.96. The molecule has 132 valence electrons. The maximum atomic E-state index is 11.6. The van der Waals surface area contributed by atoms with Crippen molar-refractivity contribution in [3.63, 3.8) is 0 Å². The van der Waals surface area contributed by atoms with Gasteiger partial charge < -0.3 is 14.3 Å². The van der Waals surface area contributed by atoms with Crippen LogP contribution in [0.2, 0.25) is 0 Å². The molecule has 6 nitrogen and oxygen atoms in total. The molecule has 2 rings (SSSR count). The van der Waals surface area contributed by atoms with Crippen molar-refractivity contribution in [2.45, 2.75) is 43.6 Å². The molecule has 1 aromatic rings. The number of nitrogens with zero attached hydrogens (tertiary/aromatic N) is 1. The average molecular weight is 371 g/mol. The fourth-order valence-electron chi connectivity index (χ4n) is 2.89. The zero-order valence-corrected chi connectivity index (χ0v) is 15.4. The number of ether oxygens (including phenoxy) is 2. The molecule has 1 aliphatic carbocycles. The molecular formula is C16H21NO5S2. The van der Waals surface area contributed by atoms with Gasteiger partial charge in [0.25, 0.3) is 0 Å². The molecule has 3 atom stereocenters. The number of thioether (sulfide) groups is 1. The SMILES string of the molecule is CCOC(=O)c1csc(SCCC2[C@@H](OC(C)=O)CC[C@@H]2C=O)n1. The van der Waals surface area contributed by atoms with Crippen molar-refractivity contribution in [2.24, 2.45) is 11.8 Å². The van der Waals surface area contributed by atoms with Gasteiger partial charge in [0.05, 0.1) is 6.61 Å². The number of hydrogen-bond donors (Lipinski definition) is 0. The van der Waals surface area contributed by atoms with Crippen molar-refractivity contribution in [3.8, 4) is 0 Å². The molecule has 1 unspecified atom stereocenters. The second-order valence-corrected chi connectivity index (χ2v) is 7.75. The van der Waals surface area contributed by atoms with Crippen molar-refractivity contribution >= 4 is 41.3 Å². The van der Waals surface area contributed by atoms with E-state index in [1.165, 1.54) is 18.3 Å². The smallest absolute Gasteiger partial charge is 0.357 e. The van der Waals surface area contributed by atoms with Gasteiger partial charge in [0.2, 0.25) is 0 Å². The summed E-state index contributed by atoms with van der Waals surface area (Å²) >= 11 is 2.94. The second kappa shape index (κ2) is 9.17. The maximum Gasteiger partial charge on any atom is 0.357 e. The maximum absolute atomic E-state index is 11.6. The van der Waals surface area contributed by atoms with E-state index in [-0.39, 0.29) is 23.9 Å². The van der Waals surface area contributed by atoms with E-state index >= 15 is 0 Å². The fourth-order valence-corrected chi connectivity index (χ4v) is 4.80. The van der Waals surface area contributed by atoms with E-state index in [4.69, 9.17) is 9.47 Å². The van der Waals surface area contributed by atoms with E-state index in [1.807, 2.05) is 0 Å². The van der Waals surface area contributed by atoms with Gasteiger partial charge in [0.15, 0.2) is 10.0 Å². The molecule has 0 aromatic carbocycles. The minimum Gasteiger partial charge on any atom is -0.462 e. The fraction of sp³-hybridized carbons (Fsp3) is 0.625.